The van der Waals surface area contributed by atoms with Crippen molar-refractivity contribution in [1.82, 2.24) is 24.7 Å². The van der Waals surface area contributed by atoms with Gasteiger partial charge in [-0.05, 0) is 13.0 Å². The van der Waals surface area contributed by atoms with Gasteiger partial charge in [-0.1, -0.05) is 18.2 Å². The van der Waals surface area contributed by atoms with Crippen molar-refractivity contribution >= 4 is 5.82 Å². The zero-order valence-corrected chi connectivity index (χ0v) is 15.9. The van der Waals surface area contributed by atoms with Gasteiger partial charge in [-0.25, -0.2) is 23.7 Å². The summed E-state index contributed by atoms with van der Waals surface area (Å²) in [5, 5.41) is 4.51. The van der Waals surface area contributed by atoms with E-state index in [1.165, 1.54) is 18.5 Å². The van der Waals surface area contributed by atoms with E-state index in [2.05, 4.69) is 20.1 Å². The topological polar surface area (TPSA) is 72.9 Å². The van der Waals surface area contributed by atoms with Gasteiger partial charge in [0.1, 0.15) is 23.5 Å². The van der Waals surface area contributed by atoms with E-state index in [-0.39, 0.29) is 24.0 Å². The van der Waals surface area contributed by atoms with Gasteiger partial charge in [0.25, 0.3) is 0 Å². The Labute approximate surface area is 165 Å². The van der Waals surface area contributed by atoms with Crippen LogP contribution in [-0.2, 0) is 6.54 Å². The maximum atomic E-state index is 14.2. The molecular formula is C20H18F2N6O. The number of hydrogen-bond acceptors (Lipinski definition) is 6. The quantitative estimate of drug-likeness (QED) is 0.494. The maximum Gasteiger partial charge on any atom is 0.244 e. The molecule has 0 amide bonds. The van der Waals surface area contributed by atoms with Crippen LogP contribution in [0.25, 0.3) is 23.1 Å². The molecule has 0 N–H and O–H groups in total. The summed E-state index contributed by atoms with van der Waals surface area (Å²) in [5.41, 5.74) is 1.40. The summed E-state index contributed by atoms with van der Waals surface area (Å²) >= 11 is 0. The van der Waals surface area contributed by atoms with E-state index < -0.39 is 5.82 Å². The highest BCUT2D eigenvalue weighted by Gasteiger charge is 2.19. The zero-order chi connectivity index (χ0) is 20.4. The first-order chi connectivity index (χ1) is 14.1. The van der Waals surface area contributed by atoms with Gasteiger partial charge >= 0.3 is 0 Å². The third kappa shape index (κ3) is 3.71. The van der Waals surface area contributed by atoms with Gasteiger partial charge in [-0.3, -0.25) is 4.68 Å². The van der Waals surface area contributed by atoms with Crippen LogP contribution >= 0.6 is 0 Å². The summed E-state index contributed by atoms with van der Waals surface area (Å²) in [4.78, 5) is 14.2. The van der Waals surface area contributed by atoms with Gasteiger partial charge in [-0.2, -0.15) is 5.10 Å². The Bertz CT molecular complexity index is 1130. The second kappa shape index (κ2) is 7.78. The second-order valence-corrected chi connectivity index (χ2v) is 6.38. The van der Waals surface area contributed by atoms with Crippen molar-refractivity contribution in [2.45, 2.75) is 13.5 Å². The van der Waals surface area contributed by atoms with Crippen molar-refractivity contribution in [1.29, 1.82) is 0 Å². The molecule has 0 aliphatic carbocycles. The van der Waals surface area contributed by atoms with E-state index in [4.69, 9.17) is 4.42 Å². The molecule has 4 aromatic rings. The van der Waals surface area contributed by atoms with Crippen molar-refractivity contribution in [3.05, 3.63) is 66.2 Å². The fraction of sp³-hybridized carbons (Fsp3) is 0.200. The summed E-state index contributed by atoms with van der Waals surface area (Å²) < 4.78 is 35.2. The number of nitrogens with zero attached hydrogens (tertiary/aromatic N) is 6. The van der Waals surface area contributed by atoms with Crippen LogP contribution in [0.15, 0.2) is 53.4 Å². The normalized spacial score (nSPS) is 11.0. The number of aromatic nitrogens is 5. The number of benzene rings is 1. The molecule has 0 aliphatic heterocycles. The van der Waals surface area contributed by atoms with Crippen LogP contribution in [0.1, 0.15) is 12.5 Å². The molecule has 3 aromatic heterocycles. The Balaban J connectivity index is 1.79. The summed E-state index contributed by atoms with van der Waals surface area (Å²) in [6.45, 7) is 2.63. The molecule has 1 aromatic carbocycles. The Morgan fingerprint density at radius 1 is 1.14 bits per heavy atom. The first-order valence-electron chi connectivity index (χ1n) is 9.02. The largest absolute Gasteiger partial charge is 0.443 e. The molecule has 0 aliphatic rings. The number of hydrogen-bond donors (Lipinski definition) is 0. The summed E-state index contributed by atoms with van der Waals surface area (Å²) in [5.74, 6) is -0.0988. The molecule has 4 rings (SSSR count). The Morgan fingerprint density at radius 3 is 2.69 bits per heavy atom. The fourth-order valence-electron chi connectivity index (χ4n) is 2.86. The predicted octanol–water partition coefficient (Wildman–Crippen LogP) is 3.78. The van der Waals surface area contributed by atoms with Crippen LogP contribution in [0.2, 0.25) is 0 Å². The molecule has 29 heavy (non-hydrogen) atoms. The van der Waals surface area contributed by atoms with E-state index in [9.17, 15) is 8.78 Å². The molecule has 7 nitrogen and oxygen atoms in total. The van der Waals surface area contributed by atoms with Crippen LogP contribution in [0.4, 0.5) is 14.6 Å². The molecular weight excluding hydrogens is 378 g/mol. The number of anilines is 1. The second-order valence-electron chi connectivity index (χ2n) is 6.38. The predicted molar refractivity (Wildman–Crippen MR) is 103 cm³/mol. The van der Waals surface area contributed by atoms with Crippen LogP contribution in [-0.4, -0.2) is 38.3 Å². The van der Waals surface area contributed by atoms with Crippen molar-refractivity contribution in [2.75, 3.05) is 18.5 Å². The van der Waals surface area contributed by atoms with E-state index >= 15 is 0 Å². The van der Waals surface area contributed by atoms with E-state index in [1.807, 2.05) is 6.92 Å². The lowest BCUT2D eigenvalue weighted by Gasteiger charge is -2.16. The average Bonchev–Trinajstić information content (AvgIpc) is 3.39. The van der Waals surface area contributed by atoms with Gasteiger partial charge in [0, 0.05) is 25.2 Å². The highest BCUT2D eigenvalue weighted by atomic mass is 19.1. The van der Waals surface area contributed by atoms with Gasteiger partial charge in [0.05, 0.1) is 18.9 Å². The van der Waals surface area contributed by atoms with Crippen LogP contribution in [0, 0.1) is 11.6 Å². The highest BCUT2D eigenvalue weighted by Crippen LogP contribution is 2.26. The molecule has 0 saturated carbocycles. The zero-order valence-electron chi connectivity index (χ0n) is 15.9. The fourth-order valence-corrected chi connectivity index (χ4v) is 2.86. The lowest BCUT2D eigenvalue weighted by Crippen LogP contribution is -2.19. The lowest BCUT2D eigenvalue weighted by atomic mass is 10.2. The molecule has 0 saturated heterocycles. The van der Waals surface area contributed by atoms with E-state index in [0.29, 0.717) is 29.4 Å². The number of oxazole rings is 1. The maximum absolute atomic E-state index is 14.2. The SMILES string of the molecule is CCN(C)c1nc(-c2cc(-c3ncco3)n(Cc3ccccc3F)n2)ncc1F. The number of rotatable bonds is 6. The van der Waals surface area contributed by atoms with Gasteiger partial charge < -0.3 is 9.32 Å². The minimum Gasteiger partial charge on any atom is -0.443 e. The van der Waals surface area contributed by atoms with Gasteiger partial charge in [0.15, 0.2) is 17.5 Å². The first-order valence-corrected chi connectivity index (χ1v) is 9.02. The Hall–Kier alpha value is -3.62. The summed E-state index contributed by atoms with van der Waals surface area (Å²) in [6.07, 6.45) is 4.07. The van der Waals surface area contributed by atoms with E-state index in [1.54, 1.807) is 40.9 Å². The van der Waals surface area contributed by atoms with Gasteiger partial charge in [0.2, 0.25) is 5.89 Å². The minimum absolute atomic E-state index is 0.160. The molecule has 3 heterocycles. The Morgan fingerprint density at radius 2 is 1.97 bits per heavy atom. The highest BCUT2D eigenvalue weighted by molar-refractivity contribution is 5.61. The summed E-state index contributed by atoms with van der Waals surface area (Å²) in [7, 11) is 1.74. The molecule has 0 unspecified atom stereocenters. The third-order valence-electron chi connectivity index (χ3n) is 4.50. The van der Waals surface area contributed by atoms with Crippen LogP contribution in [0.5, 0.6) is 0 Å². The van der Waals surface area contributed by atoms with Crippen molar-refractivity contribution in [3.63, 3.8) is 0 Å². The first kappa shape index (κ1) is 18.7. The van der Waals surface area contributed by atoms with Crippen LogP contribution < -0.4 is 4.90 Å². The van der Waals surface area contributed by atoms with E-state index in [0.717, 1.165) is 6.20 Å². The van der Waals surface area contributed by atoms with Crippen molar-refractivity contribution in [3.8, 4) is 23.1 Å². The molecule has 0 bridgehead atoms. The molecule has 0 radical (unpaired) electrons. The molecule has 148 valence electrons. The molecule has 0 spiro atoms. The van der Waals surface area contributed by atoms with Crippen LogP contribution in [0.3, 0.4) is 0 Å². The smallest absolute Gasteiger partial charge is 0.244 e. The number of halogens is 2. The molecule has 0 atom stereocenters. The van der Waals surface area contributed by atoms with Crippen molar-refractivity contribution in [2.24, 2.45) is 0 Å². The van der Waals surface area contributed by atoms with Gasteiger partial charge in [-0.15, -0.1) is 0 Å². The standard InChI is InChI=1S/C20H18F2N6O/c1-3-27(2)19-15(22)11-24-18(25-19)16-10-17(20-23-8-9-29-20)28(26-16)12-13-6-4-5-7-14(13)21/h4-11H,3,12H2,1-2H3. The third-order valence-corrected chi connectivity index (χ3v) is 4.50. The summed E-state index contributed by atoms with van der Waals surface area (Å²) in [6, 6.07) is 8.14. The Kier molecular flexibility index (Phi) is 5.03. The van der Waals surface area contributed by atoms with Crippen molar-refractivity contribution < 1.29 is 13.2 Å². The molecule has 9 heteroatoms. The average molecular weight is 396 g/mol. The molecule has 0 fully saturated rings. The lowest BCUT2D eigenvalue weighted by molar-refractivity contribution is 0.553. The minimum atomic E-state index is -0.517. The monoisotopic (exact) mass is 396 g/mol.